The molecule has 9 heteroatoms. The first-order valence-corrected chi connectivity index (χ1v) is 10.5. The molecule has 0 spiro atoms. The number of rotatable bonds is 5. The molecule has 3 aromatic rings. The Morgan fingerprint density at radius 3 is 2.46 bits per heavy atom. The summed E-state index contributed by atoms with van der Waals surface area (Å²) in [5.41, 5.74) is 0.949. The highest BCUT2D eigenvalue weighted by Gasteiger charge is 2.21. The van der Waals surface area contributed by atoms with Crippen LogP contribution >= 0.6 is 11.3 Å². The highest BCUT2D eigenvalue weighted by atomic mass is 32.2. The van der Waals surface area contributed by atoms with E-state index in [1.807, 2.05) is 0 Å². The van der Waals surface area contributed by atoms with Gasteiger partial charge in [0.05, 0.1) is 4.90 Å². The van der Waals surface area contributed by atoms with Crippen LogP contribution in [0, 0.1) is 6.92 Å². The standard InChI is InChI=1S/C19H16N2O5S2/c1-12-10-14(8-9-16(12)26-13(2)22)18(23)21-19-20-17(11-27-19)28(24,25)15-6-4-3-5-7-15/h3-11H,1-2H3,(H,20,21,23). The second-order valence-corrected chi connectivity index (χ2v) is 8.59. The first kappa shape index (κ1) is 19.7. The number of esters is 1. The van der Waals surface area contributed by atoms with Gasteiger partial charge in [-0.1, -0.05) is 18.2 Å². The number of thiazole rings is 1. The van der Waals surface area contributed by atoms with Crippen molar-refractivity contribution in [2.45, 2.75) is 23.8 Å². The summed E-state index contributed by atoms with van der Waals surface area (Å²) in [6, 6.07) is 12.6. The molecule has 0 unspecified atom stereocenters. The summed E-state index contributed by atoms with van der Waals surface area (Å²) < 4.78 is 30.2. The summed E-state index contributed by atoms with van der Waals surface area (Å²) in [5, 5.41) is 4.01. The Labute approximate surface area is 165 Å². The summed E-state index contributed by atoms with van der Waals surface area (Å²) in [7, 11) is -3.74. The number of nitrogens with zero attached hydrogens (tertiary/aromatic N) is 1. The maximum atomic E-state index is 12.6. The van der Waals surface area contributed by atoms with Gasteiger partial charge in [-0.2, -0.15) is 0 Å². The topological polar surface area (TPSA) is 102 Å². The monoisotopic (exact) mass is 416 g/mol. The van der Waals surface area contributed by atoms with Crippen molar-refractivity contribution >= 4 is 38.2 Å². The molecule has 1 amide bonds. The molecular weight excluding hydrogens is 400 g/mol. The Kier molecular flexibility index (Phi) is 5.57. The van der Waals surface area contributed by atoms with Crippen molar-refractivity contribution in [1.29, 1.82) is 0 Å². The quantitative estimate of drug-likeness (QED) is 0.505. The molecule has 0 aliphatic carbocycles. The lowest BCUT2D eigenvalue weighted by Crippen LogP contribution is -2.13. The largest absolute Gasteiger partial charge is 0.426 e. The highest BCUT2D eigenvalue weighted by Crippen LogP contribution is 2.26. The number of sulfone groups is 1. The molecule has 3 rings (SSSR count). The van der Waals surface area contributed by atoms with E-state index in [0.717, 1.165) is 11.3 Å². The van der Waals surface area contributed by atoms with Crippen LogP contribution in [0.3, 0.4) is 0 Å². The van der Waals surface area contributed by atoms with E-state index in [4.69, 9.17) is 4.74 Å². The Bertz CT molecular complexity index is 1140. The smallest absolute Gasteiger partial charge is 0.308 e. The molecule has 0 bridgehead atoms. The van der Waals surface area contributed by atoms with Gasteiger partial charge in [-0.3, -0.25) is 14.9 Å². The molecule has 0 radical (unpaired) electrons. The van der Waals surface area contributed by atoms with Crippen LogP contribution < -0.4 is 10.1 Å². The van der Waals surface area contributed by atoms with Crippen molar-refractivity contribution in [3.63, 3.8) is 0 Å². The third-order valence-electron chi connectivity index (χ3n) is 3.72. The molecular formula is C19H16N2O5S2. The summed E-state index contributed by atoms with van der Waals surface area (Å²) in [6.07, 6.45) is 0. The van der Waals surface area contributed by atoms with Gasteiger partial charge in [0, 0.05) is 17.9 Å². The highest BCUT2D eigenvalue weighted by molar-refractivity contribution is 7.91. The number of ether oxygens (including phenoxy) is 1. The number of amides is 1. The number of hydrogen-bond donors (Lipinski definition) is 1. The van der Waals surface area contributed by atoms with Gasteiger partial charge in [-0.05, 0) is 42.8 Å². The number of aryl methyl sites for hydroxylation is 1. The molecule has 1 N–H and O–H groups in total. The van der Waals surface area contributed by atoms with E-state index >= 15 is 0 Å². The molecule has 0 atom stereocenters. The third kappa shape index (κ3) is 4.26. The molecule has 1 aromatic heterocycles. The van der Waals surface area contributed by atoms with E-state index in [2.05, 4.69) is 10.3 Å². The molecule has 0 aliphatic rings. The van der Waals surface area contributed by atoms with Gasteiger partial charge < -0.3 is 4.74 Å². The maximum absolute atomic E-state index is 12.6. The number of carbonyl (C=O) groups is 2. The predicted molar refractivity (Wildman–Crippen MR) is 104 cm³/mol. The van der Waals surface area contributed by atoms with Gasteiger partial charge in [-0.15, -0.1) is 11.3 Å². The molecule has 144 valence electrons. The van der Waals surface area contributed by atoms with Gasteiger partial charge in [0.25, 0.3) is 5.91 Å². The van der Waals surface area contributed by atoms with Gasteiger partial charge >= 0.3 is 5.97 Å². The Morgan fingerprint density at radius 1 is 1.11 bits per heavy atom. The van der Waals surface area contributed by atoms with Crippen LogP contribution in [-0.4, -0.2) is 25.3 Å². The Balaban J connectivity index is 1.77. The van der Waals surface area contributed by atoms with Gasteiger partial charge in [0.2, 0.25) is 9.84 Å². The van der Waals surface area contributed by atoms with E-state index in [1.54, 1.807) is 31.2 Å². The summed E-state index contributed by atoms with van der Waals surface area (Å²) >= 11 is 1.02. The number of carbonyl (C=O) groups excluding carboxylic acids is 2. The average Bonchev–Trinajstić information content (AvgIpc) is 3.13. The van der Waals surface area contributed by atoms with Crippen molar-refractivity contribution in [2.75, 3.05) is 5.32 Å². The summed E-state index contributed by atoms with van der Waals surface area (Å²) in [6.45, 7) is 3.01. The van der Waals surface area contributed by atoms with Crippen LogP contribution in [0.4, 0.5) is 5.13 Å². The SMILES string of the molecule is CC(=O)Oc1ccc(C(=O)Nc2nc(S(=O)(=O)c3ccccc3)cs2)cc1C. The first-order chi connectivity index (χ1) is 13.3. The lowest BCUT2D eigenvalue weighted by Gasteiger charge is -2.07. The lowest BCUT2D eigenvalue weighted by molar-refractivity contribution is -0.131. The van der Waals surface area contributed by atoms with Crippen LogP contribution in [-0.2, 0) is 14.6 Å². The van der Waals surface area contributed by atoms with E-state index in [-0.39, 0.29) is 15.1 Å². The lowest BCUT2D eigenvalue weighted by atomic mass is 10.1. The normalized spacial score (nSPS) is 11.1. The molecule has 0 fully saturated rings. The molecule has 1 heterocycles. The zero-order chi connectivity index (χ0) is 20.3. The average molecular weight is 416 g/mol. The van der Waals surface area contributed by atoms with Crippen molar-refractivity contribution in [3.05, 3.63) is 65.0 Å². The van der Waals surface area contributed by atoms with Crippen LogP contribution in [0.25, 0.3) is 0 Å². The number of hydrogen-bond acceptors (Lipinski definition) is 7. The minimum absolute atomic E-state index is 0.125. The van der Waals surface area contributed by atoms with Crippen molar-refractivity contribution < 1.29 is 22.7 Å². The zero-order valence-corrected chi connectivity index (χ0v) is 16.6. The van der Waals surface area contributed by atoms with Crippen LogP contribution in [0.15, 0.2) is 63.8 Å². The molecule has 28 heavy (non-hydrogen) atoms. The van der Waals surface area contributed by atoms with E-state index < -0.39 is 21.7 Å². The van der Waals surface area contributed by atoms with E-state index in [1.165, 1.54) is 36.6 Å². The van der Waals surface area contributed by atoms with Crippen LogP contribution in [0.1, 0.15) is 22.8 Å². The van der Waals surface area contributed by atoms with E-state index in [0.29, 0.717) is 16.9 Å². The first-order valence-electron chi connectivity index (χ1n) is 8.13. The maximum Gasteiger partial charge on any atom is 0.308 e. The van der Waals surface area contributed by atoms with Crippen LogP contribution in [0.5, 0.6) is 5.75 Å². The van der Waals surface area contributed by atoms with Gasteiger partial charge in [0.1, 0.15) is 5.75 Å². The second kappa shape index (κ2) is 7.91. The van der Waals surface area contributed by atoms with Crippen molar-refractivity contribution in [2.24, 2.45) is 0 Å². The molecule has 2 aromatic carbocycles. The molecule has 0 aliphatic heterocycles. The van der Waals surface area contributed by atoms with Crippen molar-refractivity contribution in [1.82, 2.24) is 4.98 Å². The van der Waals surface area contributed by atoms with Gasteiger partial charge in [-0.25, -0.2) is 13.4 Å². The molecule has 0 saturated heterocycles. The number of nitrogens with one attached hydrogen (secondary N) is 1. The van der Waals surface area contributed by atoms with Crippen LogP contribution in [0.2, 0.25) is 0 Å². The fourth-order valence-electron chi connectivity index (χ4n) is 2.39. The van der Waals surface area contributed by atoms with Gasteiger partial charge in [0.15, 0.2) is 10.2 Å². The summed E-state index contributed by atoms with van der Waals surface area (Å²) in [5.74, 6) is -0.528. The predicted octanol–water partition coefficient (Wildman–Crippen LogP) is 3.46. The molecule has 0 saturated carbocycles. The van der Waals surface area contributed by atoms with Crippen molar-refractivity contribution in [3.8, 4) is 5.75 Å². The van der Waals surface area contributed by atoms with E-state index in [9.17, 15) is 18.0 Å². The third-order valence-corrected chi connectivity index (χ3v) is 6.28. The molecule has 7 nitrogen and oxygen atoms in total. The second-order valence-electron chi connectivity index (χ2n) is 5.84. The number of benzene rings is 2. The Morgan fingerprint density at radius 2 is 1.82 bits per heavy atom. The summed E-state index contributed by atoms with van der Waals surface area (Å²) in [4.78, 5) is 27.6. The number of anilines is 1. The number of aromatic nitrogens is 1. The fourth-order valence-corrected chi connectivity index (χ4v) is 4.63. The fraction of sp³-hybridized carbons (Fsp3) is 0.105. The zero-order valence-electron chi connectivity index (χ0n) is 15.0. The minimum Gasteiger partial charge on any atom is -0.426 e. The minimum atomic E-state index is -3.74. The Hall–Kier alpha value is -3.04.